The monoisotopic (exact) mass is 370 g/mol. The molecule has 0 rings (SSSR count). The second-order valence-corrected chi connectivity index (χ2v) is 2.02. The van der Waals surface area contributed by atoms with Gasteiger partial charge in [0, 0.05) is 73.2 Å². The Hall–Kier alpha value is -1.07. The zero-order valence-electron chi connectivity index (χ0n) is 8.44. The summed E-state index contributed by atoms with van der Waals surface area (Å²) in [6.07, 6.45) is 2.23. The molecule has 4 N–H and O–H groups in total. The second-order valence-electron chi connectivity index (χ2n) is 2.02. The van der Waals surface area contributed by atoms with Gasteiger partial charge in [-0.2, -0.15) is 0 Å². The van der Waals surface area contributed by atoms with Crippen molar-refractivity contribution in [3.8, 4) is 0 Å². The molecule has 0 amide bonds. The van der Waals surface area contributed by atoms with Crippen molar-refractivity contribution < 1.29 is 39.6 Å². The molecular formula is C8H8BaO8. The summed E-state index contributed by atoms with van der Waals surface area (Å²) < 4.78 is 0. The molecule has 17 heavy (non-hydrogen) atoms. The molecule has 90 valence electrons. The quantitative estimate of drug-likeness (QED) is 0.366. The van der Waals surface area contributed by atoms with Crippen LogP contribution in [0.25, 0.3) is 0 Å². The predicted molar refractivity (Wildman–Crippen MR) is 54.6 cm³/mol. The van der Waals surface area contributed by atoms with Gasteiger partial charge in [-0.25, -0.2) is 19.2 Å². The topological polar surface area (TPSA) is 149 Å². The minimum atomic E-state index is -1.26. The van der Waals surface area contributed by atoms with Crippen LogP contribution >= 0.6 is 0 Å². The second kappa shape index (κ2) is 13.0. The molecule has 0 atom stereocenters. The number of aliphatic carboxylic acids is 4. The van der Waals surface area contributed by atoms with E-state index in [1.165, 1.54) is 0 Å². The number of carboxylic acid groups (broad SMARTS) is 4. The minimum absolute atomic E-state index is 0. The number of hydrogen-bond donors (Lipinski definition) is 4. The van der Waals surface area contributed by atoms with E-state index in [1.54, 1.807) is 0 Å². The van der Waals surface area contributed by atoms with Crippen LogP contribution in [0, 0.1) is 0 Å². The summed E-state index contributed by atoms with van der Waals surface area (Å²) in [5, 5.41) is 31.2. The first kappa shape index (κ1) is 21.2. The van der Waals surface area contributed by atoms with E-state index in [4.69, 9.17) is 20.4 Å². The summed E-state index contributed by atoms with van der Waals surface area (Å²) in [6, 6.07) is 0. The van der Waals surface area contributed by atoms with Crippen LogP contribution in [0.2, 0.25) is 0 Å². The normalized spacial score (nSPS) is 8.94. The fourth-order valence-corrected chi connectivity index (χ4v) is 0.285. The summed E-state index contributed by atoms with van der Waals surface area (Å²) in [5.41, 5.74) is 0. The number of rotatable bonds is 4. The summed E-state index contributed by atoms with van der Waals surface area (Å²) >= 11 is 0. The molecule has 0 saturated carbocycles. The van der Waals surface area contributed by atoms with Gasteiger partial charge in [0.1, 0.15) is 0 Å². The van der Waals surface area contributed by atoms with Gasteiger partial charge < -0.3 is 20.4 Å². The SMILES string of the molecule is O=C(O)/C=C\C(=O)O.O=C(O)/C=C\C(=O)O.[Ba]. The molecule has 0 aromatic rings. The van der Waals surface area contributed by atoms with Gasteiger partial charge in [0.2, 0.25) is 0 Å². The van der Waals surface area contributed by atoms with E-state index >= 15 is 0 Å². The maximum atomic E-state index is 9.55. The zero-order valence-corrected chi connectivity index (χ0v) is 12.9. The van der Waals surface area contributed by atoms with Crippen molar-refractivity contribution in [3.63, 3.8) is 0 Å². The number of hydrogen-bond acceptors (Lipinski definition) is 4. The van der Waals surface area contributed by atoms with Crippen LogP contribution in [0.1, 0.15) is 0 Å². The standard InChI is InChI=1S/2C4H4O4.Ba/c2*5-3(6)1-2-4(7)8;/h2*1-2H,(H,5,6)(H,7,8);/b2*2-1-;. The van der Waals surface area contributed by atoms with Gasteiger partial charge in [-0.05, 0) is 0 Å². The molecule has 0 bridgehead atoms. The first-order chi connectivity index (χ1) is 7.25. The van der Waals surface area contributed by atoms with Crippen molar-refractivity contribution in [2.24, 2.45) is 0 Å². The van der Waals surface area contributed by atoms with Crippen molar-refractivity contribution in [2.75, 3.05) is 0 Å². The third-order valence-electron chi connectivity index (χ3n) is 0.737. The molecule has 8 nitrogen and oxygen atoms in total. The molecule has 0 aromatic heterocycles. The van der Waals surface area contributed by atoms with E-state index in [-0.39, 0.29) is 48.9 Å². The first-order valence-corrected chi connectivity index (χ1v) is 3.53. The predicted octanol–water partition coefficient (Wildman–Crippen LogP) is -0.957. The van der Waals surface area contributed by atoms with E-state index in [2.05, 4.69) is 0 Å². The van der Waals surface area contributed by atoms with Crippen LogP contribution in [0.15, 0.2) is 24.3 Å². The molecular weight excluding hydrogens is 361 g/mol. The summed E-state index contributed by atoms with van der Waals surface area (Å²) in [5.74, 6) is -5.03. The molecule has 0 saturated heterocycles. The molecule has 0 aliphatic carbocycles. The largest absolute Gasteiger partial charge is 0.478 e. The maximum absolute atomic E-state index is 9.55. The van der Waals surface area contributed by atoms with Crippen molar-refractivity contribution in [3.05, 3.63) is 24.3 Å². The summed E-state index contributed by atoms with van der Waals surface area (Å²) in [7, 11) is 0. The van der Waals surface area contributed by atoms with E-state index in [0.717, 1.165) is 0 Å². The third-order valence-corrected chi connectivity index (χ3v) is 0.737. The maximum Gasteiger partial charge on any atom is 0.328 e. The van der Waals surface area contributed by atoms with Crippen LogP contribution in [0.5, 0.6) is 0 Å². The Bertz CT molecular complexity index is 277. The van der Waals surface area contributed by atoms with Gasteiger partial charge in [0.25, 0.3) is 0 Å². The molecule has 0 aromatic carbocycles. The molecule has 0 fully saturated rings. The van der Waals surface area contributed by atoms with Crippen LogP contribution < -0.4 is 0 Å². The fraction of sp³-hybridized carbons (Fsp3) is 0. The van der Waals surface area contributed by atoms with Crippen molar-refractivity contribution in [1.82, 2.24) is 0 Å². The van der Waals surface area contributed by atoms with E-state index < -0.39 is 23.9 Å². The molecule has 0 spiro atoms. The van der Waals surface area contributed by atoms with Gasteiger partial charge in [0.15, 0.2) is 0 Å². The van der Waals surface area contributed by atoms with Crippen LogP contribution in [0.3, 0.4) is 0 Å². The van der Waals surface area contributed by atoms with Gasteiger partial charge in [0.05, 0.1) is 0 Å². The van der Waals surface area contributed by atoms with Crippen LogP contribution in [0.4, 0.5) is 0 Å². The average Bonchev–Trinajstić information content (AvgIpc) is 2.12. The Morgan fingerprint density at radius 2 is 0.647 bits per heavy atom. The van der Waals surface area contributed by atoms with Gasteiger partial charge >= 0.3 is 23.9 Å². The zero-order chi connectivity index (χ0) is 13.1. The van der Waals surface area contributed by atoms with Crippen LogP contribution in [-0.4, -0.2) is 93.2 Å². The molecule has 0 unspecified atom stereocenters. The van der Waals surface area contributed by atoms with E-state index in [1.807, 2.05) is 0 Å². The first-order valence-electron chi connectivity index (χ1n) is 3.53. The van der Waals surface area contributed by atoms with Crippen molar-refractivity contribution in [2.45, 2.75) is 0 Å². The van der Waals surface area contributed by atoms with Gasteiger partial charge in [-0.1, -0.05) is 0 Å². The van der Waals surface area contributed by atoms with Crippen LogP contribution in [-0.2, 0) is 19.2 Å². The smallest absolute Gasteiger partial charge is 0.328 e. The Kier molecular flexibility index (Phi) is 16.2. The fourth-order valence-electron chi connectivity index (χ4n) is 0.285. The Morgan fingerprint density at radius 3 is 0.706 bits per heavy atom. The molecule has 0 heterocycles. The minimum Gasteiger partial charge on any atom is -0.478 e. The Labute approximate surface area is 135 Å². The van der Waals surface area contributed by atoms with Crippen molar-refractivity contribution >= 4 is 72.8 Å². The molecule has 0 aliphatic heterocycles. The number of carboxylic acids is 4. The third kappa shape index (κ3) is 31.3. The average molecular weight is 369 g/mol. The van der Waals surface area contributed by atoms with E-state index in [9.17, 15) is 19.2 Å². The van der Waals surface area contributed by atoms with Crippen molar-refractivity contribution in [1.29, 1.82) is 0 Å². The van der Waals surface area contributed by atoms with E-state index in [0.29, 0.717) is 24.3 Å². The summed E-state index contributed by atoms with van der Waals surface area (Å²) in [4.78, 5) is 38.2. The van der Waals surface area contributed by atoms with Gasteiger partial charge in [-0.15, -0.1) is 0 Å². The molecule has 9 heteroatoms. The molecule has 2 radical (unpaired) electrons. The Morgan fingerprint density at radius 1 is 0.529 bits per heavy atom. The summed E-state index contributed by atoms with van der Waals surface area (Å²) in [6.45, 7) is 0. The Balaban J connectivity index is -0.000000218. The molecule has 0 aliphatic rings. The van der Waals surface area contributed by atoms with Gasteiger partial charge in [-0.3, -0.25) is 0 Å². The number of carbonyl (C=O) groups is 4.